The summed E-state index contributed by atoms with van der Waals surface area (Å²) in [5, 5.41) is 12.0. The molecule has 0 heterocycles. The van der Waals surface area contributed by atoms with Gasteiger partial charge in [-0.1, -0.05) is 6.07 Å². The van der Waals surface area contributed by atoms with Gasteiger partial charge in [0.2, 0.25) is 0 Å². The smallest absolute Gasteiger partial charge is 0.138 e. The molecule has 2 N–H and O–H groups in total. The predicted octanol–water partition coefficient (Wildman–Crippen LogP) is 2.46. The van der Waals surface area contributed by atoms with Crippen LogP contribution in [-0.4, -0.2) is 12.2 Å². The minimum atomic E-state index is -1.00. The summed E-state index contributed by atoms with van der Waals surface area (Å²) < 4.78 is 12.8. The Labute approximate surface area is 71.0 Å². The third kappa shape index (κ3) is 1.67. The average Bonchev–Trinajstić information content (AvgIpc) is 2.05. The van der Waals surface area contributed by atoms with E-state index in [1.54, 1.807) is 19.2 Å². The van der Waals surface area contributed by atoms with Crippen molar-refractivity contribution in [3.05, 3.63) is 23.8 Å². The number of anilines is 1. The van der Waals surface area contributed by atoms with Crippen LogP contribution in [-0.2, 0) is 0 Å². The number of hydrogen-bond acceptors (Lipinski definition) is 2. The summed E-state index contributed by atoms with van der Waals surface area (Å²) in [7, 11) is 1.68. The molecular weight excluding hydrogens is 157 g/mol. The van der Waals surface area contributed by atoms with E-state index in [1.165, 1.54) is 13.0 Å². The zero-order valence-corrected chi connectivity index (χ0v) is 7.13. The highest BCUT2D eigenvalue weighted by molar-refractivity contribution is 5.57. The van der Waals surface area contributed by atoms with Crippen LogP contribution in [0.2, 0.25) is 0 Å². The number of phenols is 1. The Kier molecular flexibility index (Phi) is 2.53. The fourth-order valence-electron chi connectivity index (χ4n) is 1.00. The van der Waals surface area contributed by atoms with Crippen LogP contribution in [0, 0.1) is 0 Å². The molecule has 0 spiro atoms. The van der Waals surface area contributed by atoms with Crippen LogP contribution in [0.25, 0.3) is 0 Å². The standard InChI is InChI=1S/C9H12FNO/c1-6(10)7-3-4-9(12)8(5-7)11-2/h3-6,11-12H,1-2H3. The summed E-state index contributed by atoms with van der Waals surface area (Å²) in [6, 6.07) is 4.65. The molecule has 0 bridgehead atoms. The van der Waals surface area contributed by atoms with Gasteiger partial charge in [-0.25, -0.2) is 4.39 Å². The zero-order chi connectivity index (χ0) is 9.14. The lowest BCUT2D eigenvalue weighted by Crippen LogP contribution is -1.91. The number of alkyl halides is 1. The first-order valence-electron chi connectivity index (χ1n) is 3.80. The van der Waals surface area contributed by atoms with Crippen LogP contribution in [0.3, 0.4) is 0 Å². The summed E-state index contributed by atoms with van der Waals surface area (Å²) in [5.74, 6) is 0.141. The van der Waals surface area contributed by atoms with Crippen LogP contribution in [0.5, 0.6) is 5.75 Å². The van der Waals surface area contributed by atoms with Gasteiger partial charge in [0.1, 0.15) is 11.9 Å². The van der Waals surface area contributed by atoms with E-state index in [0.717, 1.165) is 0 Å². The molecule has 12 heavy (non-hydrogen) atoms. The molecule has 1 atom stereocenters. The number of hydrogen-bond donors (Lipinski definition) is 2. The quantitative estimate of drug-likeness (QED) is 0.666. The highest BCUT2D eigenvalue weighted by Gasteiger charge is 2.05. The fourth-order valence-corrected chi connectivity index (χ4v) is 1.00. The molecule has 66 valence electrons. The van der Waals surface area contributed by atoms with Gasteiger partial charge in [0.05, 0.1) is 5.69 Å². The maximum Gasteiger partial charge on any atom is 0.138 e. The van der Waals surface area contributed by atoms with Crippen molar-refractivity contribution < 1.29 is 9.50 Å². The first-order valence-corrected chi connectivity index (χ1v) is 3.80. The number of benzene rings is 1. The Hall–Kier alpha value is -1.25. The van der Waals surface area contributed by atoms with E-state index < -0.39 is 6.17 Å². The van der Waals surface area contributed by atoms with Crippen molar-refractivity contribution in [1.29, 1.82) is 0 Å². The summed E-state index contributed by atoms with van der Waals surface area (Å²) in [4.78, 5) is 0. The van der Waals surface area contributed by atoms with Gasteiger partial charge < -0.3 is 10.4 Å². The monoisotopic (exact) mass is 169 g/mol. The second-order valence-electron chi connectivity index (χ2n) is 2.64. The lowest BCUT2D eigenvalue weighted by atomic mass is 10.1. The fraction of sp³-hybridized carbons (Fsp3) is 0.333. The molecule has 0 saturated carbocycles. The molecule has 0 aliphatic heterocycles. The summed E-state index contributed by atoms with van der Waals surface area (Å²) in [6.45, 7) is 1.46. The first-order chi connectivity index (χ1) is 5.65. The van der Waals surface area contributed by atoms with Gasteiger partial charge in [-0.05, 0) is 24.6 Å². The molecule has 1 aromatic rings. The third-order valence-corrected chi connectivity index (χ3v) is 1.75. The maximum absolute atomic E-state index is 12.8. The molecule has 0 fully saturated rings. The minimum Gasteiger partial charge on any atom is -0.506 e. The largest absolute Gasteiger partial charge is 0.506 e. The highest BCUT2D eigenvalue weighted by Crippen LogP contribution is 2.27. The molecule has 0 aliphatic rings. The highest BCUT2D eigenvalue weighted by atomic mass is 19.1. The number of rotatable bonds is 2. The molecule has 1 aromatic carbocycles. The Morgan fingerprint density at radius 1 is 1.50 bits per heavy atom. The minimum absolute atomic E-state index is 0.141. The molecular formula is C9H12FNO. The number of aromatic hydroxyl groups is 1. The normalized spacial score (nSPS) is 12.6. The second-order valence-corrected chi connectivity index (χ2v) is 2.64. The van der Waals surface area contributed by atoms with Crippen molar-refractivity contribution >= 4 is 5.69 Å². The molecule has 0 amide bonds. The summed E-state index contributed by atoms with van der Waals surface area (Å²) >= 11 is 0. The van der Waals surface area contributed by atoms with Crippen LogP contribution in [0.4, 0.5) is 10.1 Å². The van der Waals surface area contributed by atoms with Crippen molar-refractivity contribution in [3.8, 4) is 5.75 Å². The van der Waals surface area contributed by atoms with E-state index in [0.29, 0.717) is 11.3 Å². The molecule has 0 aliphatic carbocycles. The Balaban J connectivity index is 3.05. The molecule has 2 nitrogen and oxygen atoms in total. The molecule has 1 rings (SSSR count). The lowest BCUT2D eigenvalue weighted by molar-refractivity contribution is 0.374. The van der Waals surface area contributed by atoms with Gasteiger partial charge in [-0.2, -0.15) is 0 Å². The molecule has 1 unspecified atom stereocenters. The molecule has 3 heteroatoms. The number of nitrogens with one attached hydrogen (secondary N) is 1. The predicted molar refractivity (Wildman–Crippen MR) is 47.2 cm³/mol. The molecule has 0 saturated heterocycles. The van der Waals surface area contributed by atoms with Gasteiger partial charge >= 0.3 is 0 Å². The van der Waals surface area contributed by atoms with Crippen molar-refractivity contribution in [2.45, 2.75) is 13.1 Å². The second kappa shape index (κ2) is 3.43. The zero-order valence-electron chi connectivity index (χ0n) is 7.13. The van der Waals surface area contributed by atoms with Gasteiger partial charge in [-0.15, -0.1) is 0 Å². The molecule has 0 radical (unpaired) electrons. The SMILES string of the molecule is CNc1cc(C(C)F)ccc1O. The van der Waals surface area contributed by atoms with Crippen molar-refractivity contribution in [2.24, 2.45) is 0 Å². The Morgan fingerprint density at radius 2 is 2.17 bits per heavy atom. The lowest BCUT2D eigenvalue weighted by Gasteiger charge is -2.07. The van der Waals surface area contributed by atoms with E-state index in [2.05, 4.69) is 5.32 Å². The average molecular weight is 169 g/mol. The van der Waals surface area contributed by atoms with Crippen molar-refractivity contribution in [3.63, 3.8) is 0 Å². The number of phenolic OH excluding ortho intramolecular Hbond substituents is 1. The van der Waals surface area contributed by atoms with Crippen LogP contribution < -0.4 is 5.32 Å². The van der Waals surface area contributed by atoms with E-state index in [-0.39, 0.29) is 5.75 Å². The van der Waals surface area contributed by atoms with Gasteiger partial charge in [0.25, 0.3) is 0 Å². The van der Waals surface area contributed by atoms with Crippen LogP contribution >= 0.6 is 0 Å². The summed E-state index contributed by atoms with van der Waals surface area (Å²) in [5.41, 5.74) is 1.12. The van der Waals surface area contributed by atoms with E-state index >= 15 is 0 Å². The third-order valence-electron chi connectivity index (χ3n) is 1.75. The van der Waals surface area contributed by atoms with Gasteiger partial charge in [0.15, 0.2) is 0 Å². The van der Waals surface area contributed by atoms with Gasteiger partial charge in [0, 0.05) is 7.05 Å². The van der Waals surface area contributed by atoms with Crippen molar-refractivity contribution in [2.75, 3.05) is 12.4 Å². The van der Waals surface area contributed by atoms with Crippen LogP contribution in [0.15, 0.2) is 18.2 Å². The van der Waals surface area contributed by atoms with Crippen molar-refractivity contribution in [1.82, 2.24) is 0 Å². The van der Waals surface area contributed by atoms with E-state index in [4.69, 9.17) is 0 Å². The number of halogens is 1. The molecule has 0 aromatic heterocycles. The Morgan fingerprint density at radius 3 is 2.67 bits per heavy atom. The summed E-state index contributed by atoms with van der Waals surface area (Å²) in [6.07, 6.45) is -1.00. The maximum atomic E-state index is 12.8. The van der Waals surface area contributed by atoms with Crippen LogP contribution in [0.1, 0.15) is 18.7 Å². The topological polar surface area (TPSA) is 32.3 Å². The van der Waals surface area contributed by atoms with E-state index in [1.807, 2.05) is 0 Å². The van der Waals surface area contributed by atoms with E-state index in [9.17, 15) is 9.50 Å². The van der Waals surface area contributed by atoms with Gasteiger partial charge in [-0.3, -0.25) is 0 Å². The Bertz CT molecular complexity index is 273. The first kappa shape index (κ1) is 8.84.